The van der Waals surface area contributed by atoms with E-state index in [-0.39, 0.29) is 16.0 Å². The van der Waals surface area contributed by atoms with Crippen LogP contribution in [0.15, 0.2) is 16.6 Å². The minimum absolute atomic E-state index is 0.0253. The molecule has 0 saturated carbocycles. The van der Waals surface area contributed by atoms with E-state index in [0.717, 1.165) is 6.42 Å². The van der Waals surface area contributed by atoms with E-state index in [1.165, 1.54) is 0 Å². The van der Waals surface area contributed by atoms with Gasteiger partial charge in [-0.3, -0.25) is 0 Å². The highest BCUT2D eigenvalue weighted by Crippen LogP contribution is 2.33. The fraction of sp³-hybridized carbons (Fsp3) is 0.538. The molecule has 0 aliphatic carbocycles. The van der Waals surface area contributed by atoms with Crippen LogP contribution in [0, 0.1) is 11.2 Å². The third-order valence-electron chi connectivity index (χ3n) is 2.59. The molecule has 0 aromatic heterocycles. The molecule has 1 unspecified atom stereocenters. The molecular weight excluding hydrogens is 306 g/mol. The Balaban J connectivity index is 2.83. The zero-order valence-electron chi connectivity index (χ0n) is 10.2. The van der Waals surface area contributed by atoms with Gasteiger partial charge in [0.25, 0.3) is 0 Å². The number of aliphatic hydroxyl groups is 1. The van der Waals surface area contributed by atoms with Crippen molar-refractivity contribution in [2.45, 2.75) is 39.7 Å². The highest BCUT2D eigenvalue weighted by Gasteiger charge is 2.19. The molecule has 0 aliphatic heterocycles. The molecule has 0 saturated heterocycles. The van der Waals surface area contributed by atoms with Crippen molar-refractivity contribution in [3.8, 4) is 0 Å². The van der Waals surface area contributed by atoms with E-state index in [9.17, 15) is 9.50 Å². The van der Waals surface area contributed by atoms with E-state index in [1.807, 2.05) is 0 Å². The summed E-state index contributed by atoms with van der Waals surface area (Å²) >= 11 is 8.93. The fourth-order valence-electron chi connectivity index (χ4n) is 1.52. The van der Waals surface area contributed by atoms with E-state index in [2.05, 4.69) is 36.7 Å². The van der Waals surface area contributed by atoms with Gasteiger partial charge in [-0.15, -0.1) is 0 Å². The van der Waals surface area contributed by atoms with Crippen molar-refractivity contribution >= 4 is 27.5 Å². The predicted octanol–water partition coefficient (Wildman–Crippen LogP) is 5.10. The van der Waals surface area contributed by atoms with Gasteiger partial charge in [0, 0.05) is 10.0 Å². The smallest absolute Gasteiger partial charge is 0.148 e. The minimum atomic E-state index is -0.806. The fourth-order valence-corrected chi connectivity index (χ4v) is 2.00. The van der Waals surface area contributed by atoms with Gasteiger partial charge in [0.2, 0.25) is 0 Å². The lowest BCUT2D eigenvalue weighted by Crippen LogP contribution is -2.09. The molecular formula is C13H17BrClFO. The highest BCUT2D eigenvalue weighted by atomic mass is 79.9. The maximum atomic E-state index is 13.8. The van der Waals surface area contributed by atoms with Gasteiger partial charge in [-0.05, 0) is 40.3 Å². The molecule has 96 valence electrons. The van der Waals surface area contributed by atoms with Gasteiger partial charge >= 0.3 is 0 Å². The summed E-state index contributed by atoms with van der Waals surface area (Å²) in [5.41, 5.74) is 0.388. The van der Waals surface area contributed by atoms with Gasteiger partial charge in [0.05, 0.1) is 11.1 Å². The first kappa shape index (κ1) is 14.9. The second kappa shape index (κ2) is 5.68. The van der Waals surface area contributed by atoms with E-state index >= 15 is 0 Å². The molecule has 1 nitrogen and oxygen atoms in total. The summed E-state index contributed by atoms with van der Waals surface area (Å²) in [5.74, 6) is -0.539. The largest absolute Gasteiger partial charge is 0.388 e. The second-order valence-corrected chi connectivity index (χ2v) is 6.61. The third-order valence-corrected chi connectivity index (χ3v) is 3.85. The van der Waals surface area contributed by atoms with Crippen molar-refractivity contribution in [3.05, 3.63) is 33.0 Å². The van der Waals surface area contributed by atoms with Crippen LogP contribution in [0.5, 0.6) is 0 Å². The van der Waals surface area contributed by atoms with E-state index in [4.69, 9.17) is 11.6 Å². The predicted molar refractivity (Wildman–Crippen MR) is 72.8 cm³/mol. The Morgan fingerprint density at radius 3 is 2.53 bits per heavy atom. The molecule has 1 aromatic carbocycles. The van der Waals surface area contributed by atoms with Crippen LogP contribution >= 0.6 is 27.5 Å². The van der Waals surface area contributed by atoms with Gasteiger partial charge in [-0.1, -0.05) is 38.4 Å². The molecule has 0 aliphatic rings. The number of benzene rings is 1. The Morgan fingerprint density at radius 2 is 2.00 bits per heavy atom. The first-order valence-corrected chi connectivity index (χ1v) is 6.71. The van der Waals surface area contributed by atoms with Crippen molar-refractivity contribution in [2.75, 3.05) is 0 Å². The topological polar surface area (TPSA) is 20.2 Å². The van der Waals surface area contributed by atoms with Crippen LogP contribution in [0.2, 0.25) is 5.02 Å². The maximum absolute atomic E-state index is 13.8. The zero-order chi connectivity index (χ0) is 13.2. The average Bonchev–Trinajstić information content (AvgIpc) is 2.22. The van der Waals surface area contributed by atoms with E-state index < -0.39 is 11.9 Å². The van der Waals surface area contributed by atoms with Crippen LogP contribution in [0.3, 0.4) is 0 Å². The van der Waals surface area contributed by atoms with Gasteiger partial charge in [0.1, 0.15) is 5.82 Å². The number of hydrogen-bond acceptors (Lipinski definition) is 1. The Bertz CT molecular complexity index is 401. The summed E-state index contributed by atoms with van der Waals surface area (Å²) in [5, 5.41) is 9.99. The van der Waals surface area contributed by atoms with Gasteiger partial charge in [-0.2, -0.15) is 0 Å². The van der Waals surface area contributed by atoms with Crippen LogP contribution in [0.4, 0.5) is 4.39 Å². The third kappa shape index (κ3) is 4.23. The summed E-state index contributed by atoms with van der Waals surface area (Å²) in [4.78, 5) is 0. The standard InChI is InChI=1S/C13H17BrClFO/c1-13(2,3)7-6-10(17)8-4-5-9(14)11(15)12(8)16/h4-5,10,17H,6-7H2,1-3H3. The molecule has 0 fully saturated rings. The maximum Gasteiger partial charge on any atom is 0.148 e. The number of rotatable bonds is 3. The van der Waals surface area contributed by atoms with Crippen LogP contribution in [-0.2, 0) is 0 Å². The van der Waals surface area contributed by atoms with Crippen LogP contribution in [0.1, 0.15) is 45.3 Å². The van der Waals surface area contributed by atoms with Crippen molar-refractivity contribution in [3.63, 3.8) is 0 Å². The normalized spacial score (nSPS) is 13.8. The first-order chi connectivity index (χ1) is 7.72. The van der Waals surface area contributed by atoms with Crippen molar-refractivity contribution in [2.24, 2.45) is 5.41 Å². The Kier molecular flexibility index (Phi) is 4.99. The summed E-state index contributed by atoms with van der Waals surface area (Å²) in [6.45, 7) is 6.26. The molecule has 4 heteroatoms. The molecule has 1 aromatic rings. The molecule has 17 heavy (non-hydrogen) atoms. The quantitative estimate of drug-likeness (QED) is 0.767. The summed E-state index contributed by atoms with van der Waals surface area (Å²) in [6, 6.07) is 3.22. The molecule has 0 radical (unpaired) electrons. The number of aliphatic hydroxyl groups excluding tert-OH is 1. The van der Waals surface area contributed by atoms with Crippen LogP contribution < -0.4 is 0 Å². The van der Waals surface area contributed by atoms with Crippen molar-refractivity contribution < 1.29 is 9.50 Å². The monoisotopic (exact) mass is 322 g/mol. The molecule has 0 heterocycles. The van der Waals surface area contributed by atoms with E-state index in [1.54, 1.807) is 12.1 Å². The Morgan fingerprint density at radius 1 is 1.41 bits per heavy atom. The lowest BCUT2D eigenvalue weighted by molar-refractivity contribution is 0.143. The highest BCUT2D eigenvalue weighted by molar-refractivity contribution is 9.10. The second-order valence-electron chi connectivity index (χ2n) is 5.38. The van der Waals surface area contributed by atoms with Crippen molar-refractivity contribution in [1.82, 2.24) is 0 Å². The van der Waals surface area contributed by atoms with Gasteiger partial charge in [0.15, 0.2) is 0 Å². The van der Waals surface area contributed by atoms with Crippen LogP contribution in [0.25, 0.3) is 0 Å². The lowest BCUT2D eigenvalue weighted by Gasteiger charge is -2.21. The van der Waals surface area contributed by atoms with Gasteiger partial charge in [-0.25, -0.2) is 4.39 Å². The molecule has 0 bridgehead atoms. The van der Waals surface area contributed by atoms with Crippen molar-refractivity contribution in [1.29, 1.82) is 0 Å². The molecule has 0 amide bonds. The molecule has 1 N–H and O–H groups in total. The van der Waals surface area contributed by atoms with E-state index in [0.29, 0.717) is 10.9 Å². The summed E-state index contributed by atoms with van der Waals surface area (Å²) < 4.78 is 14.3. The lowest BCUT2D eigenvalue weighted by atomic mass is 9.88. The first-order valence-electron chi connectivity index (χ1n) is 5.54. The SMILES string of the molecule is CC(C)(C)CCC(O)c1ccc(Br)c(Cl)c1F. The summed E-state index contributed by atoms with van der Waals surface area (Å²) in [6.07, 6.45) is 0.541. The Labute approximate surface area is 115 Å². The molecule has 1 atom stereocenters. The minimum Gasteiger partial charge on any atom is -0.388 e. The van der Waals surface area contributed by atoms with Gasteiger partial charge < -0.3 is 5.11 Å². The summed E-state index contributed by atoms with van der Waals surface area (Å²) in [7, 11) is 0. The Hall–Kier alpha value is -0.120. The number of hydrogen-bond donors (Lipinski definition) is 1. The molecule has 0 spiro atoms. The zero-order valence-corrected chi connectivity index (χ0v) is 12.6. The molecule has 1 rings (SSSR count). The number of halogens is 3. The van der Waals surface area contributed by atoms with Crippen LogP contribution in [-0.4, -0.2) is 5.11 Å². The average molecular weight is 324 g/mol.